The Morgan fingerprint density at radius 2 is 2.09 bits per heavy atom. The second-order valence-electron chi connectivity index (χ2n) is 6.03. The smallest absolute Gasteiger partial charge is 0.315 e. The van der Waals surface area contributed by atoms with Crippen LogP contribution in [-0.2, 0) is 4.74 Å². The van der Waals surface area contributed by atoms with Gasteiger partial charge in [-0.25, -0.2) is 4.79 Å². The van der Waals surface area contributed by atoms with Gasteiger partial charge in [-0.1, -0.05) is 18.2 Å². The number of morpholine rings is 1. The third-order valence-corrected chi connectivity index (χ3v) is 4.35. The normalized spacial score (nSPS) is 19.9. The highest BCUT2D eigenvalue weighted by molar-refractivity contribution is 5.74. The highest BCUT2D eigenvalue weighted by Crippen LogP contribution is 2.29. The largest absolute Gasteiger partial charge is 0.496 e. The van der Waals surface area contributed by atoms with Crippen molar-refractivity contribution in [1.82, 2.24) is 15.5 Å². The summed E-state index contributed by atoms with van der Waals surface area (Å²) in [4.78, 5) is 14.3. The van der Waals surface area contributed by atoms with Crippen LogP contribution in [0.3, 0.4) is 0 Å². The first-order valence-electron chi connectivity index (χ1n) is 8.27. The number of rotatable bonds is 6. The molecule has 1 aromatic rings. The van der Waals surface area contributed by atoms with E-state index < -0.39 is 0 Å². The van der Waals surface area contributed by atoms with Crippen molar-refractivity contribution in [3.05, 3.63) is 29.8 Å². The van der Waals surface area contributed by atoms with Crippen molar-refractivity contribution >= 4 is 6.03 Å². The molecule has 6 nitrogen and oxygen atoms in total. The molecule has 3 rings (SSSR count). The Kier molecular flexibility index (Phi) is 5.35. The minimum atomic E-state index is -0.0827. The van der Waals surface area contributed by atoms with E-state index in [1.165, 1.54) is 0 Å². The summed E-state index contributed by atoms with van der Waals surface area (Å²) in [6.45, 7) is 3.71. The summed E-state index contributed by atoms with van der Waals surface area (Å²) in [7, 11) is 1.68. The maximum Gasteiger partial charge on any atom is 0.315 e. The van der Waals surface area contributed by atoms with Crippen LogP contribution in [0.4, 0.5) is 4.79 Å². The lowest BCUT2D eigenvalue weighted by atomic mass is 10.0. The van der Waals surface area contributed by atoms with Gasteiger partial charge in [0.2, 0.25) is 0 Å². The number of nitrogens with zero attached hydrogens (tertiary/aromatic N) is 1. The Morgan fingerprint density at radius 3 is 2.78 bits per heavy atom. The average Bonchev–Trinajstić information content (AvgIpc) is 3.40. The minimum absolute atomic E-state index is 0.0827. The molecule has 0 aromatic heterocycles. The quantitative estimate of drug-likeness (QED) is 0.835. The van der Waals surface area contributed by atoms with E-state index in [9.17, 15) is 4.79 Å². The summed E-state index contributed by atoms with van der Waals surface area (Å²) in [5.41, 5.74) is 1.10. The maximum atomic E-state index is 12.0. The van der Waals surface area contributed by atoms with Gasteiger partial charge in [0.1, 0.15) is 5.75 Å². The van der Waals surface area contributed by atoms with Crippen LogP contribution in [0.25, 0.3) is 0 Å². The molecule has 1 heterocycles. The van der Waals surface area contributed by atoms with Crippen molar-refractivity contribution < 1.29 is 14.3 Å². The van der Waals surface area contributed by atoms with Gasteiger partial charge >= 0.3 is 6.03 Å². The number of benzene rings is 1. The molecule has 1 aliphatic heterocycles. The summed E-state index contributed by atoms with van der Waals surface area (Å²) in [6, 6.07) is 8.37. The van der Waals surface area contributed by atoms with Gasteiger partial charge < -0.3 is 20.1 Å². The van der Waals surface area contributed by atoms with E-state index in [0.717, 1.165) is 50.5 Å². The van der Waals surface area contributed by atoms with Crippen LogP contribution in [0, 0.1) is 0 Å². The van der Waals surface area contributed by atoms with E-state index in [1.54, 1.807) is 7.11 Å². The van der Waals surface area contributed by atoms with E-state index in [1.807, 2.05) is 18.2 Å². The molecule has 1 aromatic carbocycles. The van der Waals surface area contributed by atoms with Gasteiger partial charge in [0.25, 0.3) is 0 Å². The number of hydrogen-bond acceptors (Lipinski definition) is 4. The van der Waals surface area contributed by atoms with Gasteiger partial charge in [0, 0.05) is 31.2 Å². The molecule has 2 aliphatic rings. The number of urea groups is 1. The van der Waals surface area contributed by atoms with Crippen molar-refractivity contribution in [3.8, 4) is 5.75 Å². The van der Waals surface area contributed by atoms with Crippen molar-refractivity contribution in [1.29, 1.82) is 0 Å². The molecule has 1 saturated carbocycles. The van der Waals surface area contributed by atoms with Crippen molar-refractivity contribution in [2.75, 3.05) is 40.0 Å². The zero-order chi connectivity index (χ0) is 16.1. The highest BCUT2D eigenvalue weighted by Gasteiger charge is 2.27. The van der Waals surface area contributed by atoms with E-state index >= 15 is 0 Å². The first-order valence-corrected chi connectivity index (χ1v) is 8.27. The van der Waals surface area contributed by atoms with Crippen molar-refractivity contribution in [2.45, 2.75) is 24.9 Å². The first-order chi connectivity index (χ1) is 11.3. The van der Waals surface area contributed by atoms with Crippen LogP contribution in [0.1, 0.15) is 24.4 Å². The second kappa shape index (κ2) is 7.66. The number of amides is 2. The standard InChI is InChI=1S/C17H25N3O3/c1-22-16-5-3-2-4-14(16)15(20-8-10-23-11-9-20)12-18-17(21)19-13-6-7-13/h2-5,13,15H,6-12H2,1H3,(H2,18,19,21)/t15-/m0/s1. The number of carbonyl (C=O) groups excluding carboxylic acids is 1. The molecule has 0 radical (unpaired) electrons. The lowest BCUT2D eigenvalue weighted by molar-refractivity contribution is 0.0162. The zero-order valence-electron chi connectivity index (χ0n) is 13.6. The number of hydrogen-bond donors (Lipinski definition) is 2. The molecule has 0 unspecified atom stereocenters. The van der Waals surface area contributed by atoms with Gasteiger partial charge in [-0.3, -0.25) is 4.90 Å². The molecule has 2 fully saturated rings. The topological polar surface area (TPSA) is 62.8 Å². The number of ether oxygens (including phenoxy) is 2. The van der Waals surface area contributed by atoms with E-state index in [-0.39, 0.29) is 12.1 Å². The second-order valence-corrected chi connectivity index (χ2v) is 6.03. The first kappa shape index (κ1) is 16.1. The Bertz CT molecular complexity index is 528. The molecule has 6 heteroatoms. The van der Waals surface area contributed by atoms with Crippen molar-refractivity contribution in [3.63, 3.8) is 0 Å². The highest BCUT2D eigenvalue weighted by atomic mass is 16.5. The fourth-order valence-corrected chi connectivity index (χ4v) is 2.92. The van der Waals surface area contributed by atoms with E-state index in [0.29, 0.717) is 12.6 Å². The van der Waals surface area contributed by atoms with E-state index in [4.69, 9.17) is 9.47 Å². The molecule has 0 spiro atoms. The lowest BCUT2D eigenvalue weighted by Crippen LogP contribution is -2.46. The summed E-state index contributed by atoms with van der Waals surface area (Å²) in [6.07, 6.45) is 2.18. The molecule has 126 valence electrons. The number of nitrogens with one attached hydrogen (secondary N) is 2. The third kappa shape index (κ3) is 4.36. The van der Waals surface area contributed by atoms with Gasteiger partial charge in [-0.05, 0) is 18.9 Å². The molecule has 2 N–H and O–H groups in total. The number of para-hydroxylation sites is 1. The predicted molar refractivity (Wildman–Crippen MR) is 87.7 cm³/mol. The monoisotopic (exact) mass is 319 g/mol. The molecule has 1 atom stereocenters. The minimum Gasteiger partial charge on any atom is -0.496 e. The average molecular weight is 319 g/mol. The van der Waals surface area contributed by atoms with Crippen LogP contribution >= 0.6 is 0 Å². The van der Waals surface area contributed by atoms with E-state index in [2.05, 4.69) is 21.6 Å². The van der Waals surface area contributed by atoms with Crippen LogP contribution in [-0.4, -0.2) is 56.9 Å². The number of methoxy groups -OCH3 is 1. The fraction of sp³-hybridized carbons (Fsp3) is 0.588. The van der Waals surface area contributed by atoms with Crippen LogP contribution in [0.15, 0.2) is 24.3 Å². The molecular weight excluding hydrogens is 294 g/mol. The van der Waals surface area contributed by atoms with Crippen molar-refractivity contribution in [2.24, 2.45) is 0 Å². The predicted octanol–water partition coefficient (Wildman–Crippen LogP) is 1.53. The van der Waals surface area contributed by atoms with Crippen LogP contribution in [0.5, 0.6) is 5.75 Å². The summed E-state index contributed by atoms with van der Waals surface area (Å²) in [5.74, 6) is 0.855. The molecule has 23 heavy (non-hydrogen) atoms. The SMILES string of the molecule is COc1ccccc1[C@H](CNC(=O)NC1CC1)N1CCOCC1. The van der Waals surface area contributed by atoms with Gasteiger partial charge in [0.15, 0.2) is 0 Å². The Hall–Kier alpha value is -1.79. The Labute approximate surface area is 137 Å². The summed E-state index contributed by atoms with van der Waals surface area (Å²) < 4.78 is 11.0. The maximum absolute atomic E-state index is 12.0. The Morgan fingerprint density at radius 1 is 1.35 bits per heavy atom. The van der Waals surface area contributed by atoms with Gasteiger partial charge in [-0.15, -0.1) is 0 Å². The lowest BCUT2D eigenvalue weighted by Gasteiger charge is -2.35. The number of carbonyl (C=O) groups is 1. The molecule has 1 aliphatic carbocycles. The summed E-state index contributed by atoms with van der Waals surface area (Å²) in [5, 5.41) is 5.98. The zero-order valence-corrected chi connectivity index (χ0v) is 13.6. The molecular formula is C17H25N3O3. The van der Waals surface area contributed by atoms with Gasteiger partial charge in [0.05, 0.1) is 26.4 Å². The summed E-state index contributed by atoms with van der Waals surface area (Å²) >= 11 is 0. The molecule has 0 bridgehead atoms. The fourth-order valence-electron chi connectivity index (χ4n) is 2.92. The van der Waals surface area contributed by atoms with Gasteiger partial charge in [-0.2, -0.15) is 0 Å². The van der Waals surface area contributed by atoms with Crippen LogP contribution < -0.4 is 15.4 Å². The molecule has 2 amide bonds. The molecule has 1 saturated heterocycles. The van der Waals surface area contributed by atoms with Crippen LogP contribution in [0.2, 0.25) is 0 Å². The third-order valence-electron chi connectivity index (χ3n) is 4.35. The Balaban J connectivity index is 1.70.